The molecule has 0 aliphatic carbocycles. The molecule has 2 rings (SSSR count). The molecule has 0 radical (unpaired) electrons. The van der Waals surface area contributed by atoms with E-state index in [4.69, 9.17) is 4.74 Å². The molecular weight excluding hydrogens is 294 g/mol. The molecule has 0 saturated carbocycles. The number of hydrogen-bond acceptors (Lipinski definition) is 4. The summed E-state index contributed by atoms with van der Waals surface area (Å²) in [5.74, 6) is 0. The third kappa shape index (κ3) is 3.02. The quantitative estimate of drug-likeness (QED) is 0.801. The molecule has 0 spiro atoms. The minimum Gasteiger partial charge on any atom is -0.378 e. The van der Waals surface area contributed by atoms with E-state index in [-0.39, 0.29) is 0 Å². The lowest BCUT2D eigenvalue weighted by Crippen LogP contribution is -2.37. The molecule has 1 aliphatic rings. The van der Waals surface area contributed by atoms with Crippen LogP contribution in [-0.2, 0) is 4.74 Å². The number of pyridine rings is 1. The van der Waals surface area contributed by atoms with Crippen LogP contribution in [0.4, 0.5) is 5.69 Å². The topological polar surface area (TPSA) is 28.6 Å². The third-order valence-corrected chi connectivity index (χ3v) is 3.83. The van der Waals surface area contributed by atoms with E-state index in [2.05, 4.69) is 57.8 Å². The van der Waals surface area contributed by atoms with E-state index < -0.39 is 0 Å². The minimum absolute atomic E-state index is 0.292. The van der Waals surface area contributed by atoms with E-state index in [1.54, 1.807) is 0 Å². The van der Waals surface area contributed by atoms with Crippen LogP contribution in [0.1, 0.15) is 18.7 Å². The standard InChI is InChI=1S/C13H20BrN3O/c1-10(16(2)3)13-11(4-5-12(14)15-13)17-6-8-18-9-7-17/h4-5,10H,6-9H2,1-3H3. The predicted molar refractivity (Wildman–Crippen MR) is 77.1 cm³/mol. The molecule has 1 aromatic heterocycles. The fourth-order valence-electron chi connectivity index (χ4n) is 2.07. The number of hydrogen-bond donors (Lipinski definition) is 0. The summed E-state index contributed by atoms with van der Waals surface area (Å²) in [6, 6.07) is 4.45. The summed E-state index contributed by atoms with van der Waals surface area (Å²) in [6.07, 6.45) is 0. The number of halogens is 1. The summed E-state index contributed by atoms with van der Waals surface area (Å²) >= 11 is 3.46. The zero-order valence-corrected chi connectivity index (χ0v) is 12.8. The zero-order valence-electron chi connectivity index (χ0n) is 11.2. The molecule has 5 heteroatoms. The number of ether oxygens (including phenoxy) is 1. The first kappa shape index (κ1) is 13.8. The van der Waals surface area contributed by atoms with Crippen molar-refractivity contribution in [2.45, 2.75) is 13.0 Å². The number of rotatable bonds is 3. The van der Waals surface area contributed by atoms with Gasteiger partial charge in [-0.2, -0.15) is 0 Å². The summed E-state index contributed by atoms with van der Waals surface area (Å²) in [6.45, 7) is 5.66. The first-order valence-corrected chi connectivity index (χ1v) is 7.04. The van der Waals surface area contributed by atoms with Crippen LogP contribution in [0.25, 0.3) is 0 Å². The second-order valence-electron chi connectivity index (χ2n) is 4.78. The SMILES string of the molecule is CC(c1nc(Br)ccc1N1CCOCC1)N(C)C. The van der Waals surface area contributed by atoms with Crippen molar-refractivity contribution in [2.75, 3.05) is 45.3 Å². The second-order valence-corrected chi connectivity index (χ2v) is 5.59. The summed E-state index contributed by atoms with van der Waals surface area (Å²) in [4.78, 5) is 9.20. The van der Waals surface area contributed by atoms with E-state index in [9.17, 15) is 0 Å². The maximum absolute atomic E-state index is 5.41. The van der Waals surface area contributed by atoms with Crippen LogP contribution in [0.2, 0.25) is 0 Å². The predicted octanol–water partition coefficient (Wildman–Crippen LogP) is 2.30. The Kier molecular flexibility index (Phi) is 4.59. The second kappa shape index (κ2) is 5.99. The van der Waals surface area contributed by atoms with Gasteiger partial charge in [0.1, 0.15) is 4.60 Å². The Morgan fingerprint density at radius 3 is 2.61 bits per heavy atom. The Bertz CT molecular complexity index is 405. The maximum Gasteiger partial charge on any atom is 0.106 e. The number of anilines is 1. The first-order valence-electron chi connectivity index (χ1n) is 6.25. The van der Waals surface area contributed by atoms with Crippen LogP contribution in [0.5, 0.6) is 0 Å². The molecular formula is C13H20BrN3O. The van der Waals surface area contributed by atoms with Crippen molar-refractivity contribution in [3.63, 3.8) is 0 Å². The lowest BCUT2D eigenvalue weighted by atomic mass is 10.1. The van der Waals surface area contributed by atoms with Crippen LogP contribution in [0.15, 0.2) is 16.7 Å². The lowest BCUT2D eigenvalue weighted by Gasteiger charge is -2.32. The number of morpholine rings is 1. The van der Waals surface area contributed by atoms with Gasteiger partial charge in [0, 0.05) is 13.1 Å². The highest BCUT2D eigenvalue weighted by Crippen LogP contribution is 2.29. The van der Waals surface area contributed by atoms with Gasteiger partial charge in [0.05, 0.1) is 30.6 Å². The van der Waals surface area contributed by atoms with Gasteiger partial charge < -0.3 is 14.5 Å². The fraction of sp³-hybridized carbons (Fsp3) is 0.615. The first-order chi connectivity index (χ1) is 8.59. The lowest BCUT2D eigenvalue weighted by molar-refractivity contribution is 0.122. The van der Waals surface area contributed by atoms with Gasteiger partial charge in [-0.3, -0.25) is 0 Å². The maximum atomic E-state index is 5.41. The van der Waals surface area contributed by atoms with Crippen LogP contribution < -0.4 is 4.90 Å². The summed E-state index contributed by atoms with van der Waals surface area (Å²) in [5.41, 5.74) is 2.35. The monoisotopic (exact) mass is 313 g/mol. The summed E-state index contributed by atoms with van der Waals surface area (Å²) in [7, 11) is 4.16. The van der Waals surface area contributed by atoms with E-state index in [1.807, 2.05) is 6.07 Å². The van der Waals surface area contributed by atoms with Crippen molar-refractivity contribution < 1.29 is 4.74 Å². The Labute approximate surface area is 117 Å². The molecule has 1 aliphatic heterocycles. The average molecular weight is 314 g/mol. The van der Waals surface area contributed by atoms with Crippen LogP contribution in [0, 0.1) is 0 Å². The largest absolute Gasteiger partial charge is 0.378 e. The van der Waals surface area contributed by atoms with Crippen LogP contribution in [0.3, 0.4) is 0 Å². The van der Waals surface area contributed by atoms with Crippen LogP contribution in [-0.4, -0.2) is 50.3 Å². The fourth-order valence-corrected chi connectivity index (χ4v) is 2.39. The van der Waals surface area contributed by atoms with Gasteiger partial charge in [-0.15, -0.1) is 0 Å². The van der Waals surface area contributed by atoms with Gasteiger partial charge in [-0.1, -0.05) is 0 Å². The molecule has 2 heterocycles. The number of aromatic nitrogens is 1. The number of nitrogens with zero attached hydrogens (tertiary/aromatic N) is 3. The normalized spacial score (nSPS) is 18.2. The molecule has 4 nitrogen and oxygen atoms in total. The van der Waals surface area contributed by atoms with Gasteiger partial charge in [0.25, 0.3) is 0 Å². The van der Waals surface area contributed by atoms with Crippen molar-refractivity contribution in [1.82, 2.24) is 9.88 Å². The van der Waals surface area contributed by atoms with E-state index in [1.165, 1.54) is 5.69 Å². The average Bonchev–Trinajstić information content (AvgIpc) is 2.38. The molecule has 0 aromatic carbocycles. The Hall–Kier alpha value is -0.650. The molecule has 0 N–H and O–H groups in total. The molecule has 0 bridgehead atoms. The minimum atomic E-state index is 0.292. The van der Waals surface area contributed by atoms with E-state index in [0.717, 1.165) is 36.6 Å². The third-order valence-electron chi connectivity index (χ3n) is 3.39. The van der Waals surface area contributed by atoms with Gasteiger partial charge in [-0.25, -0.2) is 4.98 Å². The molecule has 1 fully saturated rings. The van der Waals surface area contributed by atoms with Crippen molar-refractivity contribution in [2.24, 2.45) is 0 Å². The molecule has 1 aromatic rings. The molecule has 1 atom stereocenters. The van der Waals surface area contributed by atoms with Gasteiger partial charge >= 0.3 is 0 Å². The highest BCUT2D eigenvalue weighted by atomic mass is 79.9. The van der Waals surface area contributed by atoms with Crippen LogP contribution >= 0.6 is 15.9 Å². The summed E-state index contributed by atoms with van der Waals surface area (Å²) in [5, 5.41) is 0. The molecule has 1 unspecified atom stereocenters. The van der Waals surface area contributed by atoms with Crippen molar-refractivity contribution in [3.05, 3.63) is 22.4 Å². The zero-order chi connectivity index (χ0) is 13.1. The highest BCUT2D eigenvalue weighted by Gasteiger charge is 2.20. The molecule has 18 heavy (non-hydrogen) atoms. The van der Waals surface area contributed by atoms with Gasteiger partial charge in [0.15, 0.2) is 0 Å². The van der Waals surface area contributed by atoms with Crippen molar-refractivity contribution in [1.29, 1.82) is 0 Å². The Balaban J connectivity index is 2.33. The van der Waals surface area contributed by atoms with E-state index >= 15 is 0 Å². The Morgan fingerprint density at radius 2 is 2.00 bits per heavy atom. The van der Waals surface area contributed by atoms with Gasteiger partial charge in [-0.05, 0) is 49.1 Å². The van der Waals surface area contributed by atoms with Crippen molar-refractivity contribution in [3.8, 4) is 0 Å². The van der Waals surface area contributed by atoms with E-state index in [0.29, 0.717) is 6.04 Å². The molecule has 1 saturated heterocycles. The Morgan fingerprint density at radius 1 is 1.33 bits per heavy atom. The van der Waals surface area contributed by atoms with Crippen molar-refractivity contribution >= 4 is 21.6 Å². The van der Waals surface area contributed by atoms with Gasteiger partial charge in [0.2, 0.25) is 0 Å². The summed E-state index contributed by atoms with van der Waals surface area (Å²) < 4.78 is 6.30. The highest BCUT2D eigenvalue weighted by molar-refractivity contribution is 9.10. The molecule has 0 amide bonds. The molecule has 100 valence electrons. The smallest absolute Gasteiger partial charge is 0.106 e.